The Balaban J connectivity index is 2.45. The number of carbonyl (C=O) groups is 2. The summed E-state index contributed by atoms with van der Waals surface area (Å²) < 4.78 is 0. The average molecular weight is 250 g/mol. The van der Waals surface area contributed by atoms with E-state index in [2.05, 4.69) is 15.3 Å². The molecule has 18 heavy (non-hydrogen) atoms. The van der Waals surface area contributed by atoms with Gasteiger partial charge in [0.15, 0.2) is 0 Å². The largest absolute Gasteiger partial charge is 0.330 e. The molecule has 0 fully saturated rings. The Labute approximate surface area is 103 Å². The molecule has 0 saturated carbocycles. The summed E-state index contributed by atoms with van der Waals surface area (Å²) in [5.41, 5.74) is 0.0826. The third-order valence-electron chi connectivity index (χ3n) is 2.73. The fraction of sp³-hybridized carbons (Fsp3) is 0.455. The minimum atomic E-state index is -0.389. The molecule has 7 heteroatoms. The zero-order chi connectivity index (χ0) is 13.4. The molecular formula is C11H14N4O3. The van der Waals surface area contributed by atoms with Crippen LogP contribution in [-0.4, -0.2) is 32.7 Å². The van der Waals surface area contributed by atoms with Gasteiger partial charge in [0.1, 0.15) is 5.69 Å². The summed E-state index contributed by atoms with van der Waals surface area (Å²) in [6.07, 6.45) is 0. The number of nitrogens with zero attached hydrogens (tertiary/aromatic N) is 2. The highest BCUT2D eigenvalue weighted by Gasteiger charge is 2.33. The summed E-state index contributed by atoms with van der Waals surface area (Å²) in [5.74, 6) is -0.632. The molecule has 0 unspecified atom stereocenters. The van der Waals surface area contributed by atoms with Gasteiger partial charge in [-0.05, 0) is 13.8 Å². The fourth-order valence-electron chi connectivity index (χ4n) is 1.84. The number of hydrogen-bond donors (Lipinski definition) is 2. The summed E-state index contributed by atoms with van der Waals surface area (Å²) in [6.45, 7) is 5.30. The highest BCUT2D eigenvalue weighted by Crippen LogP contribution is 2.20. The van der Waals surface area contributed by atoms with Gasteiger partial charge in [-0.2, -0.15) is 0 Å². The van der Waals surface area contributed by atoms with Gasteiger partial charge in [0, 0.05) is 13.0 Å². The minimum Gasteiger partial charge on any atom is -0.330 e. The molecule has 1 aliphatic heterocycles. The zero-order valence-corrected chi connectivity index (χ0v) is 10.4. The van der Waals surface area contributed by atoms with Gasteiger partial charge in [0.25, 0.3) is 11.5 Å². The molecule has 1 aliphatic rings. The van der Waals surface area contributed by atoms with Gasteiger partial charge in [-0.25, -0.2) is 4.98 Å². The lowest BCUT2D eigenvalue weighted by Crippen LogP contribution is -2.31. The molecule has 0 aliphatic carbocycles. The second-order valence-corrected chi connectivity index (χ2v) is 4.45. The van der Waals surface area contributed by atoms with Gasteiger partial charge >= 0.3 is 0 Å². The topological polar surface area (TPSA) is 95.2 Å². The number of anilines is 1. The molecule has 2 rings (SSSR count). The van der Waals surface area contributed by atoms with Gasteiger partial charge in [0.05, 0.1) is 12.1 Å². The van der Waals surface area contributed by atoms with E-state index in [1.807, 2.05) is 13.8 Å². The van der Waals surface area contributed by atoms with Crippen molar-refractivity contribution in [3.05, 3.63) is 21.6 Å². The van der Waals surface area contributed by atoms with Crippen LogP contribution in [0.5, 0.6) is 0 Å². The first-order valence-corrected chi connectivity index (χ1v) is 5.62. The Morgan fingerprint density at radius 3 is 2.67 bits per heavy atom. The smallest absolute Gasteiger partial charge is 0.273 e. The predicted octanol–water partition coefficient (Wildman–Crippen LogP) is 0.0925. The normalized spacial score (nSPS) is 14.0. The second kappa shape index (κ2) is 4.25. The Hall–Kier alpha value is -2.18. The second-order valence-electron chi connectivity index (χ2n) is 4.45. The van der Waals surface area contributed by atoms with Gasteiger partial charge in [-0.15, -0.1) is 0 Å². The van der Waals surface area contributed by atoms with E-state index in [-0.39, 0.29) is 41.6 Å². The molecule has 0 bridgehead atoms. The number of aromatic amines is 1. The van der Waals surface area contributed by atoms with Crippen molar-refractivity contribution in [3.63, 3.8) is 0 Å². The van der Waals surface area contributed by atoms with E-state index in [9.17, 15) is 14.4 Å². The van der Waals surface area contributed by atoms with Gasteiger partial charge in [-0.1, -0.05) is 0 Å². The number of amides is 2. The van der Waals surface area contributed by atoms with E-state index in [0.29, 0.717) is 5.56 Å². The molecule has 1 aromatic heterocycles. The molecule has 7 nitrogen and oxygen atoms in total. The number of aromatic nitrogens is 2. The summed E-state index contributed by atoms with van der Waals surface area (Å²) in [7, 11) is 0. The first kappa shape index (κ1) is 12.3. The number of carbonyl (C=O) groups excluding carboxylic acids is 2. The molecular weight excluding hydrogens is 236 g/mol. The SMILES string of the molecule is CC(=O)Nc1nc2c(c(=O)[nH]1)CN(C(C)C)C2=O. The van der Waals surface area contributed by atoms with E-state index in [4.69, 9.17) is 0 Å². The maximum atomic E-state index is 12.0. The first-order valence-electron chi connectivity index (χ1n) is 5.62. The number of hydrogen-bond acceptors (Lipinski definition) is 4. The highest BCUT2D eigenvalue weighted by molar-refractivity contribution is 5.97. The summed E-state index contributed by atoms with van der Waals surface area (Å²) in [6, 6.07) is -0.00434. The van der Waals surface area contributed by atoms with Crippen LogP contribution in [0.25, 0.3) is 0 Å². The molecule has 0 radical (unpaired) electrons. The average Bonchev–Trinajstić information content (AvgIpc) is 2.56. The number of H-pyrrole nitrogens is 1. The molecule has 0 atom stereocenters. The fourth-order valence-corrected chi connectivity index (χ4v) is 1.84. The number of fused-ring (bicyclic) bond motifs is 1. The lowest BCUT2D eigenvalue weighted by molar-refractivity contribution is -0.114. The number of nitrogens with one attached hydrogen (secondary N) is 2. The Morgan fingerprint density at radius 2 is 2.11 bits per heavy atom. The summed E-state index contributed by atoms with van der Waals surface area (Å²) in [4.78, 5) is 42.7. The third-order valence-corrected chi connectivity index (χ3v) is 2.73. The van der Waals surface area contributed by atoms with Crippen molar-refractivity contribution in [2.45, 2.75) is 33.4 Å². The van der Waals surface area contributed by atoms with E-state index in [1.54, 1.807) is 4.90 Å². The third kappa shape index (κ3) is 1.99. The van der Waals surface area contributed by atoms with Crippen molar-refractivity contribution in [2.24, 2.45) is 0 Å². The van der Waals surface area contributed by atoms with Crippen LogP contribution in [0.4, 0.5) is 5.95 Å². The number of rotatable bonds is 2. The van der Waals surface area contributed by atoms with Gasteiger partial charge in [-0.3, -0.25) is 24.7 Å². The summed E-state index contributed by atoms with van der Waals surface area (Å²) in [5, 5.41) is 2.36. The molecule has 96 valence electrons. The molecule has 0 saturated heterocycles. The molecule has 0 aromatic carbocycles. The molecule has 2 heterocycles. The monoisotopic (exact) mass is 250 g/mol. The lowest BCUT2D eigenvalue weighted by atomic mass is 10.3. The quantitative estimate of drug-likeness (QED) is 0.777. The van der Waals surface area contributed by atoms with E-state index < -0.39 is 0 Å². The van der Waals surface area contributed by atoms with Crippen LogP contribution in [0.2, 0.25) is 0 Å². The van der Waals surface area contributed by atoms with Crippen molar-refractivity contribution in [1.82, 2.24) is 14.9 Å². The van der Waals surface area contributed by atoms with E-state index >= 15 is 0 Å². The molecule has 0 spiro atoms. The van der Waals surface area contributed by atoms with Crippen molar-refractivity contribution >= 4 is 17.8 Å². The lowest BCUT2D eigenvalue weighted by Gasteiger charge is -2.19. The highest BCUT2D eigenvalue weighted by atomic mass is 16.2. The summed E-state index contributed by atoms with van der Waals surface area (Å²) >= 11 is 0. The van der Waals surface area contributed by atoms with Gasteiger partial charge in [0.2, 0.25) is 11.9 Å². The van der Waals surface area contributed by atoms with Crippen LogP contribution in [-0.2, 0) is 11.3 Å². The standard InChI is InChI=1S/C11H14N4O3/c1-5(2)15-4-7-8(10(15)18)13-11(12-6(3)16)14-9(7)17/h5H,4H2,1-3H3,(H2,12,13,14,16,17). The van der Waals surface area contributed by atoms with Crippen molar-refractivity contribution < 1.29 is 9.59 Å². The molecule has 1 aromatic rings. The molecule has 2 N–H and O–H groups in total. The van der Waals surface area contributed by atoms with Crippen LogP contribution in [0, 0.1) is 0 Å². The minimum absolute atomic E-state index is 0.00434. The Morgan fingerprint density at radius 1 is 1.44 bits per heavy atom. The van der Waals surface area contributed by atoms with Gasteiger partial charge < -0.3 is 4.90 Å². The first-order chi connectivity index (χ1) is 8.40. The van der Waals surface area contributed by atoms with Crippen LogP contribution in [0.1, 0.15) is 36.8 Å². The van der Waals surface area contributed by atoms with Crippen molar-refractivity contribution in [1.29, 1.82) is 0 Å². The van der Waals surface area contributed by atoms with Crippen LogP contribution in [0.3, 0.4) is 0 Å². The zero-order valence-electron chi connectivity index (χ0n) is 10.4. The van der Waals surface area contributed by atoms with E-state index in [0.717, 1.165) is 0 Å². The van der Waals surface area contributed by atoms with Crippen LogP contribution < -0.4 is 10.9 Å². The maximum absolute atomic E-state index is 12.0. The maximum Gasteiger partial charge on any atom is 0.273 e. The van der Waals surface area contributed by atoms with E-state index in [1.165, 1.54) is 6.92 Å². The van der Waals surface area contributed by atoms with Crippen LogP contribution in [0.15, 0.2) is 4.79 Å². The van der Waals surface area contributed by atoms with Crippen LogP contribution >= 0.6 is 0 Å². The predicted molar refractivity (Wildman–Crippen MR) is 64.2 cm³/mol. The Bertz CT molecular complexity index is 576. The van der Waals surface area contributed by atoms with Crippen molar-refractivity contribution in [3.8, 4) is 0 Å². The van der Waals surface area contributed by atoms with Crippen molar-refractivity contribution in [2.75, 3.05) is 5.32 Å². The molecule has 2 amide bonds. The Kier molecular flexibility index (Phi) is 2.90.